The van der Waals surface area contributed by atoms with E-state index in [-0.39, 0.29) is 11.2 Å². The maximum absolute atomic E-state index is 6.00. The number of ether oxygens (including phenoxy) is 2. The van der Waals surface area contributed by atoms with Crippen LogP contribution in [-0.4, -0.2) is 11.2 Å². The van der Waals surface area contributed by atoms with Crippen LogP contribution in [0, 0.1) is 0 Å². The Morgan fingerprint density at radius 3 is 1.39 bits per heavy atom. The Bertz CT molecular complexity index is 616. The molecule has 0 aliphatic heterocycles. The lowest BCUT2D eigenvalue weighted by Crippen LogP contribution is -2.26. The van der Waals surface area contributed by atoms with Gasteiger partial charge < -0.3 is 9.47 Å². The normalized spacial score (nSPS) is 12.1. The van der Waals surface area contributed by atoms with Crippen LogP contribution >= 0.6 is 0 Å². The lowest BCUT2D eigenvalue weighted by atomic mass is 10.0. The SMILES string of the molecule is CCC(C)(C)Oc1ccc(-c2ccc(OC(C)(C)C)cc2)cc1. The van der Waals surface area contributed by atoms with Crippen LogP contribution in [0.15, 0.2) is 48.5 Å². The summed E-state index contributed by atoms with van der Waals surface area (Å²) >= 11 is 0. The molecule has 0 fully saturated rings. The molecular weight excluding hydrogens is 284 g/mol. The lowest BCUT2D eigenvalue weighted by molar-refractivity contribution is 0.105. The summed E-state index contributed by atoms with van der Waals surface area (Å²) in [5.74, 6) is 1.80. The van der Waals surface area contributed by atoms with Crippen molar-refractivity contribution in [2.24, 2.45) is 0 Å². The minimum atomic E-state index is -0.174. The Morgan fingerprint density at radius 2 is 1.04 bits per heavy atom. The highest BCUT2D eigenvalue weighted by Crippen LogP contribution is 2.27. The molecule has 0 amide bonds. The molecule has 2 nitrogen and oxygen atoms in total. The molecule has 0 spiro atoms. The van der Waals surface area contributed by atoms with Crippen LogP contribution < -0.4 is 9.47 Å². The molecule has 0 atom stereocenters. The van der Waals surface area contributed by atoms with Crippen molar-refractivity contribution in [1.29, 1.82) is 0 Å². The van der Waals surface area contributed by atoms with Crippen LogP contribution in [0.2, 0.25) is 0 Å². The van der Waals surface area contributed by atoms with Gasteiger partial charge >= 0.3 is 0 Å². The van der Waals surface area contributed by atoms with E-state index in [0.717, 1.165) is 17.9 Å². The first kappa shape index (κ1) is 17.4. The molecule has 0 radical (unpaired) electrons. The zero-order chi connectivity index (χ0) is 17.1. The van der Waals surface area contributed by atoms with E-state index in [9.17, 15) is 0 Å². The lowest BCUT2D eigenvalue weighted by Gasteiger charge is -2.25. The van der Waals surface area contributed by atoms with Crippen molar-refractivity contribution in [3.63, 3.8) is 0 Å². The average molecular weight is 312 g/mol. The second kappa shape index (κ2) is 6.66. The van der Waals surface area contributed by atoms with E-state index in [4.69, 9.17) is 9.47 Å². The fourth-order valence-electron chi connectivity index (χ4n) is 2.18. The van der Waals surface area contributed by atoms with Gasteiger partial charge in [0.1, 0.15) is 22.7 Å². The van der Waals surface area contributed by atoms with Gasteiger partial charge in [-0.3, -0.25) is 0 Å². The van der Waals surface area contributed by atoms with Gasteiger partial charge in [0.25, 0.3) is 0 Å². The first-order valence-electron chi connectivity index (χ1n) is 8.27. The molecule has 2 aromatic rings. The van der Waals surface area contributed by atoms with Crippen LogP contribution in [-0.2, 0) is 0 Å². The monoisotopic (exact) mass is 312 g/mol. The van der Waals surface area contributed by atoms with Gasteiger partial charge in [0, 0.05) is 0 Å². The maximum atomic E-state index is 6.00. The first-order chi connectivity index (χ1) is 10.7. The summed E-state index contributed by atoms with van der Waals surface area (Å²) in [5.41, 5.74) is 2.04. The Kier molecular flexibility index (Phi) is 5.03. The highest BCUT2D eigenvalue weighted by atomic mass is 16.5. The summed E-state index contributed by atoms with van der Waals surface area (Å²) in [4.78, 5) is 0. The number of hydrogen-bond acceptors (Lipinski definition) is 2. The quantitative estimate of drug-likeness (QED) is 0.664. The van der Waals surface area contributed by atoms with E-state index < -0.39 is 0 Å². The largest absolute Gasteiger partial charge is 0.488 e. The van der Waals surface area contributed by atoms with Crippen LogP contribution in [0.25, 0.3) is 11.1 Å². The molecule has 2 rings (SSSR count). The molecule has 23 heavy (non-hydrogen) atoms. The number of benzene rings is 2. The van der Waals surface area contributed by atoms with E-state index in [2.05, 4.69) is 65.8 Å². The second-order valence-corrected chi connectivity index (χ2v) is 7.48. The van der Waals surface area contributed by atoms with Crippen LogP contribution in [0.5, 0.6) is 11.5 Å². The van der Waals surface area contributed by atoms with Crippen molar-refractivity contribution >= 4 is 0 Å². The van der Waals surface area contributed by atoms with Crippen molar-refractivity contribution in [2.75, 3.05) is 0 Å². The molecule has 0 aliphatic carbocycles. The minimum Gasteiger partial charge on any atom is -0.488 e. The molecule has 2 heteroatoms. The van der Waals surface area contributed by atoms with Gasteiger partial charge in [-0.2, -0.15) is 0 Å². The Hall–Kier alpha value is -1.96. The summed E-state index contributed by atoms with van der Waals surface area (Å²) in [6.07, 6.45) is 0.976. The second-order valence-electron chi connectivity index (χ2n) is 7.48. The standard InChI is InChI=1S/C21H28O2/c1-7-21(5,6)23-19-14-10-17(11-15-19)16-8-12-18(13-9-16)22-20(2,3)4/h8-15H,7H2,1-6H3. The van der Waals surface area contributed by atoms with Crippen LogP contribution in [0.1, 0.15) is 48.0 Å². The molecule has 2 aromatic carbocycles. The van der Waals surface area contributed by atoms with Crippen molar-refractivity contribution < 1.29 is 9.47 Å². The van der Waals surface area contributed by atoms with Gasteiger partial charge in [-0.25, -0.2) is 0 Å². The van der Waals surface area contributed by atoms with Crippen molar-refractivity contribution in [3.8, 4) is 22.6 Å². The third-order valence-electron chi connectivity index (χ3n) is 3.71. The topological polar surface area (TPSA) is 18.5 Å². The van der Waals surface area contributed by atoms with E-state index in [1.54, 1.807) is 0 Å². The van der Waals surface area contributed by atoms with Gasteiger partial charge in [-0.1, -0.05) is 31.2 Å². The van der Waals surface area contributed by atoms with Gasteiger partial charge in [-0.05, 0) is 76.4 Å². The van der Waals surface area contributed by atoms with Crippen LogP contribution in [0.4, 0.5) is 0 Å². The third-order valence-corrected chi connectivity index (χ3v) is 3.71. The molecule has 0 bridgehead atoms. The smallest absolute Gasteiger partial charge is 0.120 e. The molecule has 0 aromatic heterocycles. The first-order valence-corrected chi connectivity index (χ1v) is 8.27. The summed E-state index contributed by atoms with van der Waals surface area (Å²) in [6.45, 7) is 12.5. The van der Waals surface area contributed by atoms with E-state index in [0.29, 0.717) is 0 Å². The van der Waals surface area contributed by atoms with E-state index in [1.165, 1.54) is 11.1 Å². The summed E-state index contributed by atoms with van der Waals surface area (Å²) < 4.78 is 11.9. The molecular formula is C21H28O2. The fourth-order valence-corrected chi connectivity index (χ4v) is 2.18. The summed E-state index contributed by atoms with van der Waals surface area (Å²) in [6, 6.07) is 16.5. The molecule has 0 saturated heterocycles. The summed E-state index contributed by atoms with van der Waals surface area (Å²) in [5, 5.41) is 0. The molecule has 0 heterocycles. The Balaban J connectivity index is 2.10. The van der Waals surface area contributed by atoms with E-state index in [1.807, 2.05) is 24.3 Å². The molecule has 0 N–H and O–H groups in total. The third kappa shape index (κ3) is 5.31. The zero-order valence-electron chi connectivity index (χ0n) is 15.1. The highest BCUT2D eigenvalue weighted by molar-refractivity contribution is 5.64. The van der Waals surface area contributed by atoms with Crippen molar-refractivity contribution in [2.45, 2.75) is 59.2 Å². The predicted molar refractivity (Wildman–Crippen MR) is 97.3 cm³/mol. The number of hydrogen-bond donors (Lipinski definition) is 0. The predicted octanol–water partition coefficient (Wildman–Crippen LogP) is 6.10. The van der Waals surface area contributed by atoms with Gasteiger partial charge in [0.05, 0.1) is 0 Å². The van der Waals surface area contributed by atoms with Crippen molar-refractivity contribution in [1.82, 2.24) is 0 Å². The Labute approximate surface area is 140 Å². The number of rotatable bonds is 5. The van der Waals surface area contributed by atoms with Gasteiger partial charge in [0.2, 0.25) is 0 Å². The highest BCUT2D eigenvalue weighted by Gasteiger charge is 2.16. The molecule has 0 aliphatic rings. The molecule has 124 valence electrons. The average Bonchev–Trinajstić information content (AvgIpc) is 2.47. The van der Waals surface area contributed by atoms with Crippen molar-refractivity contribution in [3.05, 3.63) is 48.5 Å². The Morgan fingerprint density at radius 1 is 0.652 bits per heavy atom. The van der Waals surface area contributed by atoms with Crippen LogP contribution in [0.3, 0.4) is 0 Å². The van der Waals surface area contributed by atoms with Gasteiger partial charge in [0.15, 0.2) is 0 Å². The molecule has 0 saturated carbocycles. The fraction of sp³-hybridized carbons (Fsp3) is 0.429. The zero-order valence-corrected chi connectivity index (χ0v) is 15.1. The summed E-state index contributed by atoms with van der Waals surface area (Å²) in [7, 11) is 0. The van der Waals surface area contributed by atoms with Gasteiger partial charge in [-0.15, -0.1) is 0 Å². The molecule has 0 unspecified atom stereocenters. The maximum Gasteiger partial charge on any atom is 0.120 e. The minimum absolute atomic E-state index is 0.131. The van der Waals surface area contributed by atoms with E-state index >= 15 is 0 Å².